The molecule has 0 aromatic rings. The molecule has 1 rings (SSSR count). The van der Waals surface area contributed by atoms with Crippen molar-refractivity contribution in [1.82, 2.24) is 10.2 Å². The molecule has 1 saturated carbocycles. The largest absolute Gasteiger partial charge is 0.316 e. The van der Waals surface area contributed by atoms with Crippen LogP contribution in [-0.4, -0.2) is 37.1 Å². The molecule has 1 aliphatic carbocycles. The predicted octanol–water partition coefficient (Wildman–Crippen LogP) is 2.25. The predicted molar refractivity (Wildman–Crippen MR) is 62.6 cm³/mol. The molecule has 0 amide bonds. The zero-order valence-corrected chi connectivity index (χ0v) is 10.2. The second kappa shape index (κ2) is 5.72. The third-order valence-electron chi connectivity index (χ3n) is 3.97. The summed E-state index contributed by atoms with van der Waals surface area (Å²) in [4.78, 5) is 2.57. The maximum atomic E-state index is 3.34. The molecule has 1 aliphatic rings. The number of hydrogen-bond donors (Lipinski definition) is 1. The van der Waals surface area contributed by atoms with Crippen molar-refractivity contribution >= 4 is 0 Å². The fourth-order valence-electron chi connectivity index (χ4n) is 2.41. The third kappa shape index (κ3) is 2.96. The van der Waals surface area contributed by atoms with Gasteiger partial charge in [-0.15, -0.1) is 0 Å². The molecule has 0 aromatic heterocycles. The number of rotatable bonds is 4. The van der Waals surface area contributed by atoms with Gasteiger partial charge in [0, 0.05) is 18.1 Å². The molecule has 84 valence electrons. The second-order valence-electron chi connectivity index (χ2n) is 4.78. The number of likely N-dealkylation sites (N-methyl/N-ethyl adjacent to an activating group) is 2. The molecule has 0 saturated heterocycles. The fraction of sp³-hybridized carbons (Fsp3) is 1.00. The Morgan fingerprint density at radius 2 is 1.71 bits per heavy atom. The molecule has 0 heterocycles. The highest BCUT2D eigenvalue weighted by molar-refractivity contribution is 4.81. The van der Waals surface area contributed by atoms with Crippen molar-refractivity contribution in [1.29, 1.82) is 0 Å². The third-order valence-corrected chi connectivity index (χ3v) is 3.97. The molecule has 0 bridgehead atoms. The smallest absolute Gasteiger partial charge is 0.0218 e. The van der Waals surface area contributed by atoms with Crippen molar-refractivity contribution in [3.63, 3.8) is 0 Å². The minimum atomic E-state index is 0.585. The molecule has 2 atom stereocenters. The van der Waals surface area contributed by atoms with E-state index in [-0.39, 0.29) is 0 Å². The molecule has 2 heteroatoms. The van der Waals surface area contributed by atoms with Crippen molar-refractivity contribution in [2.45, 2.75) is 64.1 Å². The van der Waals surface area contributed by atoms with Gasteiger partial charge in [-0.3, -0.25) is 4.90 Å². The summed E-state index contributed by atoms with van der Waals surface area (Å²) in [7, 11) is 4.34. The SMILES string of the molecule is CNC(C)C(C)N(C)C1CCCCC1. The van der Waals surface area contributed by atoms with Crippen LogP contribution in [0, 0.1) is 0 Å². The first-order valence-corrected chi connectivity index (χ1v) is 6.06. The van der Waals surface area contributed by atoms with E-state index in [4.69, 9.17) is 0 Å². The summed E-state index contributed by atoms with van der Waals surface area (Å²) < 4.78 is 0. The minimum Gasteiger partial charge on any atom is -0.316 e. The highest BCUT2D eigenvalue weighted by atomic mass is 15.2. The van der Waals surface area contributed by atoms with E-state index in [9.17, 15) is 0 Å². The number of nitrogens with one attached hydrogen (secondary N) is 1. The number of hydrogen-bond acceptors (Lipinski definition) is 2. The van der Waals surface area contributed by atoms with Gasteiger partial charge in [0.15, 0.2) is 0 Å². The van der Waals surface area contributed by atoms with E-state index < -0.39 is 0 Å². The Bertz CT molecular complexity index is 150. The zero-order valence-electron chi connectivity index (χ0n) is 10.2. The van der Waals surface area contributed by atoms with Crippen molar-refractivity contribution in [3.8, 4) is 0 Å². The second-order valence-corrected chi connectivity index (χ2v) is 4.78. The van der Waals surface area contributed by atoms with Crippen LogP contribution in [0.3, 0.4) is 0 Å². The van der Waals surface area contributed by atoms with Crippen LogP contribution in [0.15, 0.2) is 0 Å². The minimum absolute atomic E-state index is 0.585. The Kier molecular flexibility index (Phi) is 4.90. The van der Waals surface area contributed by atoms with Gasteiger partial charge in [-0.2, -0.15) is 0 Å². The van der Waals surface area contributed by atoms with Gasteiger partial charge >= 0.3 is 0 Å². The van der Waals surface area contributed by atoms with E-state index in [1.165, 1.54) is 32.1 Å². The van der Waals surface area contributed by atoms with Gasteiger partial charge in [0.1, 0.15) is 0 Å². The first-order valence-electron chi connectivity index (χ1n) is 6.06. The molecule has 0 radical (unpaired) electrons. The van der Waals surface area contributed by atoms with Gasteiger partial charge in [0.2, 0.25) is 0 Å². The van der Waals surface area contributed by atoms with Crippen molar-refractivity contribution in [2.75, 3.05) is 14.1 Å². The molecule has 14 heavy (non-hydrogen) atoms. The maximum absolute atomic E-state index is 3.34. The monoisotopic (exact) mass is 198 g/mol. The van der Waals surface area contributed by atoms with Crippen LogP contribution in [0.5, 0.6) is 0 Å². The summed E-state index contributed by atoms with van der Waals surface area (Å²) in [5, 5.41) is 3.34. The van der Waals surface area contributed by atoms with Crippen LogP contribution in [0.2, 0.25) is 0 Å². The van der Waals surface area contributed by atoms with E-state index in [2.05, 4.69) is 38.2 Å². The lowest BCUT2D eigenvalue weighted by Gasteiger charge is -2.38. The summed E-state index contributed by atoms with van der Waals surface area (Å²) >= 11 is 0. The Hall–Kier alpha value is -0.0800. The van der Waals surface area contributed by atoms with E-state index in [1.807, 2.05) is 0 Å². The summed E-state index contributed by atoms with van der Waals surface area (Å²) in [6.45, 7) is 4.60. The van der Waals surface area contributed by atoms with Crippen LogP contribution in [0.25, 0.3) is 0 Å². The average molecular weight is 198 g/mol. The number of nitrogens with zero attached hydrogens (tertiary/aromatic N) is 1. The van der Waals surface area contributed by atoms with Crippen LogP contribution in [0.1, 0.15) is 46.0 Å². The molecular weight excluding hydrogens is 172 g/mol. The fourth-order valence-corrected chi connectivity index (χ4v) is 2.41. The van der Waals surface area contributed by atoms with Crippen LogP contribution in [0.4, 0.5) is 0 Å². The Labute approximate surface area is 89.1 Å². The summed E-state index contributed by atoms with van der Waals surface area (Å²) in [5.74, 6) is 0. The Morgan fingerprint density at radius 1 is 1.14 bits per heavy atom. The highest BCUT2D eigenvalue weighted by Gasteiger charge is 2.24. The lowest BCUT2D eigenvalue weighted by Crippen LogP contribution is -2.48. The van der Waals surface area contributed by atoms with Gasteiger partial charge in [-0.25, -0.2) is 0 Å². The molecule has 2 nitrogen and oxygen atoms in total. The molecule has 1 fully saturated rings. The van der Waals surface area contributed by atoms with E-state index >= 15 is 0 Å². The first-order chi connectivity index (χ1) is 6.66. The highest BCUT2D eigenvalue weighted by Crippen LogP contribution is 2.23. The van der Waals surface area contributed by atoms with Gasteiger partial charge < -0.3 is 5.32 Å². The van der Waals surface area contributed by atoms with E-state index in [0.29, 0.717) is 12.1 Å². The van der Waals surface area contributed by atoms with Gasteiger partial charge in [0.25, 0.3) is 0 Å². The average Bonchev–Trinajstić information content (AvgIpc) is 2.27. The lowest BCUT2D eigenvalue weighted by molar-refractivity contribution is 0.126. The molecule has 1 N–H and O–H groups in total. The Morgan fingerprint density at radius 3 is 2.21 bits per heavy atom. The van der Waals surface area contributed by atoms with Gasteiger partial charge in [-0.05, 0) is 40.8 Å². The van der Waals surface area contributed by atoms with Crippen LogP contribution >= 0.6 is 0 Å². The van der Waals surface area contributed by atoms with Crippen LogP contribution < -0.4 is 5.32 Å². The molecular formula is C12H26N2. The topological polar surface area (TPSA) is 15.3 Å². The Balaban J connectivity index is 2.41. The zero-order chi connectivity index (χ0) is 10.6. The molecule has 0 aliphatic heterocycles. The van der Waals surface area contributed by atoms with Gasteiger partial charge in [-0.1, -0.05) is 19.3 Å². The molecule has 0 spiro atoms. The van der Waals surface area contributed by atoms with Crippen molar-refractivity contribution in [2.24, 2.45) is 0 Å². The van der Waals surface area contributed by atoms with E-state index in [1.54, 1.807) is 0 Å². The summed E-state index contributed by atoms with van der Waals surface area (Å²) in [5.41, 5.74) is 0. The van der Waals surface area contributed by atoms with Crippen molar-refractivity contribution in [3.05, 3.63) is 0 Å². The normalized spacial score (nSPS) is 23.8. The van der Waals surface area contributed by atoms with Crippen molar-refractivity contribution < 1.29 is 0 Å². The standard InChI is InChI=1S/C12H26N2/c1-10(13-3)11(2)14(4)12-8-6-5-7-9-12/h10-13H,5-9H2,1-4H3. The quantitative estimate of drug-likeness (QED) is 0.745. The lowest BCUT2D eigenvalue weighted by atomic mass is 9.93. The molecule has 0 aromatic carbocycles. The molecule has 2 unspecified atom stereocenters. The summed E-state index contributed by atoms with van der Waals surface area (Å²) in [6, 6.07) is 2.06. The summed E-state index contributed by atoms with van der Waals surface area (Å²) in [6.07, 6.45) is 7.10. The van der Waals surface area contributed by atoms with Gasteiger partial charge in [0.05, 0.1) is 0 Å². The van der Waals surface area contributed by atoms with Crippen LogP contribution in [-0.2, 0) is 0 Å². The van der Waals surface area contributed by atoms with E-state index in [0.717, 1.165) is 6.04 Å². The maximum Gasteiger partial charge on any atom is 0.0218 e. The first kappa shape index (κ1) is 12.0.